The average molecular weight is 713 g/mol. The fraction of sp³-hybridized carbons (Fsp3) is 0.0980. The first-order chi connectivity index (χ1) is 26.5. The molecule has 10 rings (SSSR count). The molecule has 0 aliphatic heterocycles. The highest BCUT2D eigenvalue weighted by atomic mass is 32.1. The van der Waals surface area contributed by atoms with Crippen molar-refractivity contribution >= 4 is 49.5 Å². The molecule has 0 bridgehead atoms. The maximum absolute atomic E-state index is 2.49. The lowest BCUT2D eigenvalue weighted by Gasteiger charge is -2.26. The molecule has 2 heterocycles. The first-order valence-electron chi connectivity index (χ1n) is 18.9. The molecule has 9 aromatic rings. The van der Waals surface area contributed by atoms with Crippen molar-refractivity contribution in [2.24, 2.45) is 0 Å². The zero-order chi connectivity index (χ0) is 36.4. The molecule has 0 unspecified atom stereocenters. The zero-order valence-electron chi connectivity index (χ0n) is 30.8. The predicted molar refractivity (Wildman–Crippen MR) is 231 cm³/mol. The number of hydrogen-bond donors (Lipinski definition) is 0. The van der Waals surface area contributed by atoms with Crippen LogP contribution in [0.3, 0.4) is 0 Å². The van der Waals surface area contributed by atoms with Crippen LogP contribution in [0.4, 0.5) is 17.1 Å². The van der Waals surface area contributed by atoms with E-state index in [0.717, 1.165) is 23.5 Å². The van der Waals surface area contributed by atoms with Gasteiger partial charge in [0, 0.05) is 38.4 Å². The van der Waals surface area contributed by atoms with E-state index in [-0.39, 0.29) is 5.41 Å². The average Bonchev–Trinajstić information content (AvgIpc) is 3.85. The number of anilines is 3. The first-order valence-corrected chi connectivity index (χ1v) is 19.7. The fourth-order valence-electron chi connectivity index (χ4n) is 8.56. The largest absolute Gasteiger partial charge is 0.311 e. The zero-order valence-corrected chi connectivity index (χ0v) is 31.6. The Morgan fingerprint density at radius 3 is 1.78 bits per heavy atom. The number of aryl methyl sites for hydroxylation is 1. The van der Waals surface area contributed by atoms with Gasteiger partial charge in [0.05, 0.1) is 15.7 Å². The highest BCUT2D eigenvalue weighted by Gasteiger charge is 2.35. The number of fused-ring (bicyclic) bond motifs is 6. The molecular weight excluding hydrogens is 673 g/mol. The van der Waals surface area contributed by atoms with Crippen LogP contribution in [0.2, 0.25) is 0 Å². The normalized spacial score (nSPS) is 12.9. The van der Waals surface area contributed by atoms with Crippen molar-refractivity contribution in [1.82, 2.24) is 4.57 Å². The SMILES string of the molecule is CCc1cc2c(s1)c1cc(-c3ccc(N(c4ccccc4)c4ccc(-c5ccccc5)cc4)cc3)ccc1n2-c1ccc2c(c1)C(C)(C)c1ccccc1-2. The van der Waals surface area contributed by atoms with Crippen molar-refractivity contribution in [3.8, 4) is 39.1 Å². The van der Waals surface area contributed by atoms with Gasteiger partial charge in [-0.1, -0.05) is 130 Å². The Kier molecular flexibility index (Phi) is 7.67. The number of thiophene rings is 1. The second-order valence-corrected chi connectivity index (χ2v) is 16.0. The molecule has 0 spiro atoms. The number of aromatic nitrogens is 1. The summed E-state index contributed by atoms with van der Waals surface area (Å²) in [6, 6.07) is 64.6. The maximum Gasteiger partial charge on any atom is 0.0651 e. The van der Waals surface area contributed by atoms with E-state index in [9.17, 15) is 0 Å². The van der Waals surface area contributed by atoms with Gasteiger partial charge in [-0.05, 0) is 118 Å². The third kappa shape index (κ3) is 5.22. The molecule has 0 fully saturated rings. The minimum absolute atomic E-state index is 0.0474. The van der Waals surface area contributed by atoms with Crippen molar-refractivity contribution in [3.05, 3.63) is 192 Å². The highest BCUT2D eigenvalue weighted by Crippen LogP contribution is 2.50. The quantitative estimate of drug-likeness (QED) is 0.160. The summed E-state index contributed by atoms with van der Waals surface area (Å²) in [5.74, 6) is 0. The summed E-state index contributed by atoms with van der Waals surface area (Å²) in [7, 11) is 0. The topological polar surface area (TPSA) is 8.17 Å². The maximum atomic E-state index is 2.49. The Hall–Kier alpha value is -6.16. The molecule has 0 radical (unpaired) electrons. The third-order valence-electron chi connectivity index (χ3n) is 11.4. The van der Waals surface area contributed by atoms with Gasteiger partial charge in [-0.15, -0.1) is 11.3 Å². The summed E-state index contributed by atoms with van der Waals surface area (Å²) in [5, 5.41) is 1.31. The molecule has 1 aliphatic rings. The van der Waals surface area contributed by atoms with Gasteiger partial charge in [0.25, 0.3) is 0 Å². The van der Waals surface area contributed by atoms with E-state index in [2.05, 4.69) is 206 Å². The van der Waals surface area contributed by atoms with E-state index >= 15 is 0 Å². The fourth-order valence-corrected chi connectivity index (χ4v) is 9.66. The Labute approximate surface area is 321 Å². The van der Waals surface area contributed by atoms with Crippen LogP contribution in [0.15, 0.2) is 176 Å². The van der Waals surface area contributed by atoms with Crippen molar-refractivity contribution < 1.29 is 0 Å². The smallest absolute Gasteiger partial charge is 0.0651 e. The minimum atomic E-state index is -0.0474. The van der Waals surface area contributed by atoms with E-state index in [0.29, 0.717) is 0 Å². The van der Waals surface area contributed by atoms with Crippen LogP contribution >= 0.6 is 11.3 Å². The number of hydrogen-bond acceptors (Lipinski definition) is 2. The van der Waals surface area contributed by atoms with Gasteiger partial charge < -0.3 is 9.47 Å². The monoisotopic (exact) mass is 712 g/mol. The van der Waals surface area contributed by atoms with Crippen LogP contribution in [0.1, 0.15) is 36.8 Å². The summed E-state index contributed by atoms with van der Waals surface area (Å²) >= 11 is 1.93. The Morgan fingerprint density at radius 2 is 1.07 bits per heavy atom. The van der Waals surface area contributed by atoms with Crippen LogP contribution in [0, 0.1) is 0 Å². The molecule has 2 nitrogen and oxygen atoms in total. The van der Waals surface area contributed by atoms with Gasteiger partial charge in [0.1, 0.15) is 0 Å². The molecule has 2 aromatic heterocycles. The summed E-state index contributed by atoms with van der Waals surface area (Å²) < 4.78 is 3.85. The summed E-state index contributed by atoms with van der Waals surface area (Å²) in [6.45, 7) is 6.99. The first kappa shape index (κ1) is 32.5. The molecule has 0 N–H and O–H groups in total. The summed E-state index contributed by atoms with van der Waals surface area (Å²) in [5.41, 5.74) is 17.5. The molecule has 1 aliphatic carbocycles. The lowest BCUT2D eigenvalue weighted by molar-refractivity contribution is 0.660. The molecule has 0 saturated heterocycles. The minimum Gasteiger partial charge on any atom is -0.311 e. The molecule has 260 valence electrons. The van der Waals surface area contributed by atoms with Crippen molar-refractivity contribution in [2.45, 2.75) is 32.6 Å². The Morgan fingerprint density at radius 1 is 0.500 bits per heavy atom. The van der Waals surface area contributed by atoms with Crippen LogP contribution in [-0.4, -0.2) is 4.57 Å². The summed E-state index contributed by atoms with van der Waals surface area (Å²) in [4.78, 5) is 3.75. The number of rotatable bonds is 7. The van der Waals surface area contributed by atoms with Crippen LogP contribution in [-0.2, 0) is 11.8 Å². The van der Waals surface area contributed by atoms with E-state index in [1.165, 1.54) is 76.2 Å². The second-order valence-electron chi connectivity index (χ2n) is 14.9. The number of benzene rings is 7. The molecule has 3 heteroatoms. The summed E-state index contributed by atoms with van der Waals surface area (Å²) in [6.07, 6.45) is 1.03. The lowest BCUT2D eigenvalue weighted by atomic mass is 9.82. The van der Waals surface area contributed by atoms with Crippen molar-refractivity contribution in [1.29, 1.82) is 0 Å². The molecule has 0 atom stereocenters. The van der Waals surface area contributed by atoms with Gasteiger partial charge in [0.2, 0.25) is 0 Å². The van der Waals surface area contributed by atoms with E-state index < -0.39 is 0 Å². The number of para-hydroxylation sites is 1. The molecule has 7 aromatic carbocycles. The second kappa shape index (κ2) is 12.8. The van der Waals surface area contributed by atoms with Gasteiger partial charge in [-0.2, -0.15) is 0 Å². The molecular formula is C51H40N2S. The Balaban J connectivity index is 1.04. The van der Waals surface area contributed by atoms with E-state index in [1.54, 1.807) is 0 Å². The highest BCUT2D eigenvalue weighted by molar-refractivity contribution is 7.20. The van der Waals surface area contributed by atoms with Crippen LogP contribution in [0.5, 0.6) is 0 Å². The van der Waals surface area contributed by atoms with Crippen molar-refractivity contribution in [3.63, 3.8) is 0 Å². The molecule has 54 heavy (non-hydrogen) atoms. The van der Waals surface area contributed by atoms with Gasteiger partial charge in [0.15, 0.2) is 0 Å². The molecule has 0 saturated carbocycles. The van der Waals surface area contributed by atoms with Gasteiger partial charge in [-0.25, -0.2) is 0 Å². The standard InChI is InChI=1S/C51H40N2S/c1-4-42-33-49-50(54-42)45-31-37(23-30-48(45)53(49)41-28-29-44-43-17-11-12-18-46(43)51(2,3)47(44)32-41)36-21-26-40(27-22-36)52(38-15-9-6-10-16-38)39-24-19-35(20-25-39)34-13-7-5-8-14-34/h5-33H,4H2,1-3H3. The lowest BCUT2D eigenvalue weighted by Crippen LogP contribution is -2.15. The predicted octanol–water partition coefficient (Wildman–Crippen LogP) is 14.5. The number of nitrogens with zero attached hydrogens (tertiary/aromatic N) is 2. The van der Waals surface area contributed by atoms with E-state index in [1.807, 2.05) is 11.3 Å². The third-order valence-corrected chi connectivity index (χ3v) is 12.7. The van der Waals surface area contributed by atoms with Gasteiger partial charge >= 0.3 is 0 Å². The Bertz CT molecular complexity index is 2810. The van der Waals surface area contributed by atoms with Gasteiger partial charge in [-0.3, -0.25) is 0 Å². The molecule has 0 amide bonds. The van der Waals surface area contributed by atoms with Crippen molar-refractivity contribution in [2.75, 3.05) is 4.90 Å². The van der Waals surface area contributed by atoms with E-state index in [4.69, 9.17) is 0 Å². The van der Waals surface area contributed by atoms with Crippen LogP contribution in [0.25, 0.3) is 60.2 Å². The van der Waals surface area contributed by atoms with Crippen LogP contribution < -0.4 is 4.90 Å².